The van der Waals surface area contributed by atoms with E-state index in [2.05, 4.69) is 0 Å². The van der Waals surface area contributed by atoms with E-state index in [1.54, 1.807) is 0 Å². The van der Waals surface area contributed by atoms with E-state index < -0.39 is 29.0 Å². The highest BCUT2D eigenvalue weighted by Gasteiger charge is 2.37. The number of benzene rings is 1. The summed E-state index contributed by atoms with van der Waals surface area (Å²) in [6, 6.07) is 2.73. The van der Waals surface area contributed by atoms with Gasteiger partial charge in [-0.1, -0.05) is 6.07 Å². The Balaban J connectivity index is 2.28. The van der Waals surface area contributed by atoms with Gasteiger partial charge in [0, 0.05) is 19.0 Å². The number of carbonyl (C=O) groups excluding carboxylic acids is 1. The summed E-state index contributed by atoms with van der Waals surface area (Å²) in [5.41, 5.74) is -1.97. The topological polar surface area (TPSA) is 20.3 Å². The zero-order valence-electron chi connectivity index (χ0n) is 10.4. The Labute approximate surface area is 118 Å². The normalized spacial score (nSPS) is 19.4. The van der Waals surface area contributed by atoms with Crippen LogP contribution in [0.15, 0.2) is 18.2 Å². The van der Waals surface area contributed by atoms with Crippen LogP contribution in [0.3, 0.4) is 0 Å². The van der Waals surface area contributed by atoms with E-state index in [9.17, 15) is 22.4 Å². The van der Waals surface area contributed by atoms with E-state index >= 15 is 0 Å². The molecule has 110 valence electrons. The average Bonchev–Trinajstić information content (AvgIpc) is 2.85. The van der Waals surface area contributed by atoms with Gasteiger partial charge in [-0.15, -0.1) is 11.6 Å². The maximum absolute atomic E-state index is 13.9. The maximum Gasteiger partial charge on any atom is 0.419 e. The van der Waals surface area contributed by atoms with Crippen LogP contribution in [0.25, 0.3) is 0 Å². The molecule has 0 aliphatic carbocycles. The molecule has 2 nitrogen and oxygen atoms in total. The first-order chi connectivity index (χ1) is 9.34. The number of nitrogens with zero attached hydrogens (tertiary/aromatic N) is 1. The fraction of sp³-hybridized carbons (Fsp3) is 0.462. The number of likely N-dealkylation sites (tertiary alicyclic amines) is 1. The highest BCUT2D eigenvalue weighted by atomic mass is 35.5. The molecule has 1 aromatic carbocycles. The summed E-state index contributed by atoms with van der Waals surface area (Å²) >= 11 is 5.68. The molecular formula is C13H12ClF4NO. The lowest BCUT2D eigenvalue weighted by molar-refractivity contribution is -0.140. The zero-order chi connectivity index (χ0) is 14.9. The van der Waals surface area contributed by atoms with Crippen LogP contribution in [-0.2, 0) is 6.18 Å². The summed E-state index contributed by atoms with van der Waals surface area (Å²) in [6.07, 6.45) is -4.14. The fourth-order valence-corrected chi connectivity index (χ4v) is 2.48. The van der Waals surface area contributed by atoms with Gasteiger partial charge in [0.15, 0.2) is 0 Å². The molecule has 0 aromatic heterocycles. The number of amides is 1. The molecule has 0 N–H and O–H groups in total. The molecule has 0 spiro atoms. The third kappa shape index (κ3) is 2.90. The second kappa shape index (κ2) is 5.60. The number of alkyl halides is 4. The van der Waals surface area contributed by atoms with Crippen molar-refractivity contribution in [1.29, 1.82) is 0 Å². The van der Waals surface area contributed by atoms with Gasteiger partial charge in [-0.2, -0.15) is 13.2 Å². The average molecular weight is 310 g/mol. The van der Waals surface area contributed by atoms with Gasteiger partial charge in [0.2, 0.25) is 0 Å². The predicted molar refractivity (Wildman–Crippen MR) is 66.1 cm³/mol. The van der Waals surface area contributed by atoms with E-state index in [4.69, 9.17) is 11.6 Å². The summed E-state index contributed by atoms with van der Waals surface area (Å²) in [5, 5.41) is 0. The van der Waals surface area contributed by atoms with Crippen molar-refractivity contribution >= 4 is 17.5 Å². The Bertz CT molecular complexity index is 518. The standard InChI is InChI=1S/C13H12ClF4NO/c14-6-8-4-5-19(7-8)12(20)9-2-1-3-10(11(9)15)13(16,17)18/h1-3,8H,4-7H2. The van der Waals surface area contributed by atoms with Gasteiger partial charge in [0.05, 0.1) is 11.1 Å². The molecule has 1 aromatic rings. The molecule has 0 bridgehead atoms. The second-order valence-electron chi connectivity index (χ2n) is 4.73. The van der Waals surface area contributed by atoms with Crippen LogP contribution in [0.1, 0.15) is 22.3 Å². The Morgan fingerprint density at radius 2 is 2.10 bits per heavy atom. The Hall–Kier alpha value is -1.30. The SMILES string of the molecule is O=C(c1cccc(C(F)(F)F)c1F)N1CCC(CCl)C1. The van der Waals surface area contributed by atoms with E-state index in [-0.39, 0.29) is 5.92 Å². The number of hydrogen-bond acceptors (Lipinski definition) is 1. The molecule has 20 heavy (non-hydrogen) atoms. The van der Waals surface area contributed by atoms with Crippen LogP contribution in [-0.4, -0.2) is 29.8 Å². The maximum atomic E-state index is 13.9. The van der Waals surface area contributed by atoms with E-state index in [1.807, 2.05) is 0 Å². The number of rotatable bonds is 2. The minimum atomic E-state index is -4.82. The summed E-state index contributed by atoms with van der Waals surface area (Å²) in [6.45, 7) is 0.726. The zero-order valence-corrected chi connectivity index (χ0v) is 11.1. The lowest BCUT2D eigenvalue weighted by Gasteiger charge is -2.18. The first-order valence-electron chi connectivity index (χ1n) is 6.05. The number of hydrogen-bond donors (Lipinski definition) is 0. The van der Waals surface area contributed by atoms with Crippen LogP contribution in [0.5, 0.6) is 0 Å². The first-order valence-corrected chi connectivity index (χ1v) is 6.59. The third-order valence-corrected chi connectivity index (χ3v) is 3.76. The molecule has 1 heterocycles. The lowest BCUT2D eigenvalue weighted by atomic mass is 10.1. The highest BCUT2D eigenvalue weighted by Crippen LogP contribution is 2.33. The molecular weight excluding hydrogens is 298 g/mol. The molecule has 1 aliphatic rings. The first kappa shape index (κ1) is 15.1. The fourth-order valence-electron chi connectivity index (χ4n) is 2.23. The predicted octanol–water partition coefficient (Wildman–Crippen LogP) is 3.55. The van der Waals surface area contributed by atoms with Gasteiger partial charge in [-0.3, -0.25) is 4.79 Å². The van der Waals surface area contributed by atoms with Gasteiger partial charge in [0.25, 0.3) is 5.91 Å². The van der Waals surface area contributed by atoms with Crippen LogP contribution >= 0.6 is 11.6 Å². The van der Waals surface area contributed by atoms with Gasteiger partial charge >= 0.3 is 6.18 Å². The van der Waals surface area contributed by atoms with Crippen molar-refractivity contribution < 1.29 is 22.4 Å². The van der Waals surface area contributed by atoms with Crippen molar-refractivity contribution in [3.63, 3.8) is 0 Å². The molecule has 1 amide bonds. The van der Waals surface area contributed by atoms with Crippen LogP contribution in [0, 0.1) is 11.7 Å². The van der Waals surface area contributed by atoms with Crippen molar-refractivity contribution in [2.24, 2.45) is 5.92 Å². The molecule has 1 atom stereocenters. The quantitative estimate of drug-likeness (QED) is 0.604. The van der Waals surface area contributed by atoms with E-state index in [1.165, 1.54) is 4.90 Å². The molecule has 0 radical (unpaired) electrons. The molecule has 7 heteroatoms. The van der Waals surface area contributed by atoms with Crippen molar-refractivity contribution in [1.82, 2.24) is 4.90 Å². The van der Waals surface area contributed by atoms with Gasteiger partial charge in [0.1, 0.15) is 5.82 Å². The largest absolute Gasteiger partial charge is 0.419 e. The molecule has 0 saturated carbocycles. The summed E-state index contributed by atoms with van der Waals surface area (Å²) in [4.78, 5) is 13.4. The van der Waals surface area contributed by atoms with Gasteiger partial charge in [-0.25, -0.2) is 4.39 Å². The van der Waals surface area contributed by atoms with Crippen molar-refractivity contribution in [3.8, 4) is 0 Å². The monoisotopic (exact) mass is 309 g/mol. The number of carbonyl (C=O) groups is 1. The Kier molecular flexibility index (Phi) is 4.22. The highest BCUT2D eigenvalue weighted by molar-refractivity contribution is 6.18. The smallest absolute Gasteiger partial charge is 0.338 e. The minimum absolute atomic E-state index is 0.106. The molecule has 1 fully saturated rings. The van der Waals surface area contributed by atoms with Crippen LogP contribution in [0.2, 0.25) is 0 Å². The summed E-state index contributed by atoms with van der Waals surface area (Å²) in [5.74, 6) is -1.76. The van der Waals surface area contributed by atoms with Crippen molar-refractivity contribution in [2.75, 3.05) is 19.0 Å². The van der Waals surface area contributed by atoms with E-state index in [0.717, 1.165) is 12.1 Å². The van der Waals surface area contributed by atoms with E-state index in [0.29, 0.717) is 31.5 Å². The minimum Gasteiger partial charge on any atom is -0.338 e. The third-order valence-electron chi connectivity index (χ3n) is 3.33. The number of halogens is 5. The molecule has 1 unspecified atom stereocenters. The van der Waals surface area contributed by atoms with Gasteiger partial charge in [-0.05, 0) is 24.5 Å². The Morgan fingerprint density at radius 1 is 1.40 bits per heavy atom. The summed E-state index contributed by atoms with van der Waals surface area (Å²) < 4.78 is 51.7. The van der Waals surface area contributed by atoms with Crippen LogP contribution in [0.4, 0.5) is 17.6 Å². The molecule has 2 rings (SSSR count). The van der Waals surface area contributed by atoms with Crippen molar-refractivity contribution in [3.05, 3.63) is 35.1 Å². The molecule has 1 aliphatic heterocycles. The van der Waals surface area contributed by atoms with Gasteiger partial charge < -0.3 is 4.90 Å². The van der Waals surface area contributed by atoms with Crippen molar-refractivity contribution in [2.45, 2.75) is 12.6 Å². The molecule has 1 saturated heterocycles. The lowest BCUT2D eigenvalue weighted by Crippen LogP contribution is -2.30. The second-order valence-corrected chi connectivity index (χ2v) is 5.03. The summed E-state index contributed by atoms with van der Waals surface area (Å²) in [7, 11) is 0. The Morgan fingerprint density at radius 3 is 2.65 bits per heavy atom. The van der Waals surface area contributed by atoms with Crippen LogP contribution < -0.4 is 0 Å².